The first kappa shape index (κ1) is 13.5. The summed E-state index contributed by atoms with van der Waals surface area (Å²) in [6, 6.07) is 0. The van der Waals surface area contributed by atoms with Crippen LogP contribution < -0.4 is 22.1 Å². The van der Waals surface area contributed by atoms with Crippen LogP contribution in [0.15, 0.2) is 4.79 Å². The molecule has 0 aliphatic rings. The van der Waals surface area contributed by atoms with Crippen molar-refractivity contribution in [3.8, 4) is 0 Å². The first-order valence-electron chi connectivity index (χ1n) is 5.71. The lowest BCUT2D eigenvalue weighted by Crippen LogP contribution is -2.48. The van der Waals surface area contributed by atoms with Gasteiger partial charge in [0.15, 0.2) is 5.82 Å². The maximum atomic E-state index is 11.8. The maximum absolute atomic E-state index is 11.8. The van der Waals surface area contributed by atoms with Crippen LogP contribution in [0.4, 0.5) is 11.8 Å². The van der Waals surface area contributed by atoms with E-state index in [0.29, 0.717) is 17.8 Å². The molecule has 1 heterocycles. The Bertz CT molecular complexity index is 446. The predicted molar refractivity (Wildman–Crippen MR) is 69.7 cm³/mol. The topological polar surface area (TPSA) is 101 Å². The molecule has 6 nitrogen and oxygen atoms in total. The second-order valence-electron chi connectivity index (χ2n) is 5.04. The second kappa shape index (κ2) is 4.75. The van der Waals surface area contributed by atoms with E-state index in [4.69, 9.17) is 11.6 Å². The van der Waals surface area contributed by atoms with Gasteiger partial charge in [-0.2, -0.15) is 4.98 Å². The zero-order valence-electron chi connectivity index (χ0n) is 10.9. The summed E-state index contributed by atoms with van der Waals surface area (Å²) in [7, 11) is 0. The van der Waals surface area contributed by atoms with Crippen LogP contribution in [0.2, 0.25) is 0 Å². The number of nitrogens with zero attached hydrogens (tertiary/aromatic N) is 2. The molecule has 0 aliphatic heterocycles. The second-order valence-corrected chi connectivity index (χ2v) is 5.04. The lowest BCUT2D eigenvalue weighted by atomic mass is 10.1. The maximum Gasteiger partial charge on any atom is 0.257 e. The fraction of sp³-hybridized carbons (Fsp3) is 0.636. The third-order valence-electron chi connectivity index (χ3n) is 2.46. The molecule has 0 aromatic carbocycles. The van der Waals surface area contributed by atoms with Gasteiger partial charge in [0.1, 0.15) is 0 Å². The molecule has 0 aliphatic carbocycles. The summed E-state index contributed by atoms with van der Waals surface area (Å²) in [5.74, 6) is 6.55. The minimum atomic E-state index is -0.324. The molecule has 0 radical (unpaired) electrons. The zero-order valence-corrected chi connectivity index (χ0v) is 10.9. The molecule has 0 saturated carbocycles. The van der Waals surface area contributed by atoms with Crippen molar-refractivity contribution in [2.45, 2.75) is 46.1 Å². The van der Waals surface area contributed by atoms with Crippen molar-refractivity contribution in [1.29, 1.82) is 0 Å². The number of aromatic amines is 1. The molecule has 0 saturated heterocycles. The van der Waals surface area contributed by atoms with Crippen molar-refractivity contribution in [3.63, 3.8) is 0 Å². The van der Waals surface area contributed by atoms with Gasteiger partial charge in [0.25, 0.3) is 5.56 Å². The molecule has 96 valence electrons. The summed E-state index contributed by atoms with van der Waals surface area (Å²) in [5, 5.41) is 1.49. The highest BCUT2D eigenvalue weighted by molar-refractivity contribution is 5.49. The Morgan fingerprint density at radius 2 is 2.00 bits per heavy atom. The van der Waals surface area contributed by atoms with Crippen LogP contribution in [0.1, 0.15) is 39.7 Å². The van der Waals surface area contributed by atoms with Gasteiger partial charge in [0.2, 0.25) is 5.95 Å². The molecular weight excluding hydrogens is 218 g/mol. The number of nitrogens with two attached hydrogens (primary N) is 2. The molecule has 1 aromatic heterocycles. The average Bonchev–Trinajstić information content (AvgIpc) is 2.19. The summed E-state index contributed by atoms with van der Waals surface area (Å²) in [6.45, 7) is 7.84. The van der Waals surface area contributed by atoms with Crippen LogP contribution in [0.25, 0.3) is 0 Å². The van der Waals surface area contributed by atoms with Crippen LogP contribution in [0.3, 0.4) is 0 Å². The number of nitrogen functional groups attached to an aromatic ring is 1. The molecule has 0 amide bonds. The van der Waals surface area contributed by atoms with Crippen molar-refractivity contribution >= 4 is 11.8 Å². The standard InChI is InChI=1S/C11H21N5O/c1-5-6-7-8(16(13)11(2,3)4)14-10(12)15-9(7)17/h5-6,13H2,1-4H3,(H3,12,14,15,17). The average molecular weight is 239 g/mol. The molecule has 0 fully saturated rings. The lowest BCUT2D eigenvalue weighted by molar-refractivity contribution is 0.506. The van der Waals surface area contributed by atoms with E-state index in [-0.39, 0.29) is 17.0 Å². The van der Waals surface area contributed by atoms with E-state index in [9.17, 15) is 4.79 Å². The number of hydrogen-bond acceptors (Lipinski definition) is 5. The van der Waals surface area contributed by atoms with Crippen molar-refractivity contribution < 1.29 is 0 Å². The SMILES string of the molecule is CCCc1c(N(N)C(C)(C)C)nc(N)[nH]c1=O. The molecule has 0 unspecified atom stereocenters. The highest BCUT2D eigenvalue weighted by Gasteiger charge is 2.23. The van der Waals surface area contributed by atoms with Crippen LogP contribution in [0.5, 0.6) is 0 Å². The summed E-state index contributed by atoms with van der Waals surface area (Å²) in [5.41, 5.74) is 5.60. The predicted octanol–water partition coefficient (Wildman–Crippen LogP) is 0.783. The van der Waals surface area contributed by atoms with Crippen molar-refractivity contribution in [1.82, 2.24) is 9.97 Å². The molecular formula is C11H21N5O. The van der Waals surface area contributed by atoms with Gasteiger partial charge in [-0.05, 0) is 27.2 Å². The van der Waals surface area contributed by atoms with Crippen molar-refractivity contribution in [2.75, 3.05) is 10.7 Å². The van der Waals surface area contributed by atoms with Crippen LogP contribution in [-0.2, 0) is 6.42 Å². The zero-order chi connectivity index (χ0) is 13.2. The van der Waals surface area contributed by atoms with E-state index in [0.717, 1.165) is 6.42 Å². The van der Waals surface area contributed by atoms with E-state index in [1.807, 2.05) is 27.7 Å². The Hall–Kier alpha value is -1.56. The Kier molecular flexibility index (Phi) is 3.77. The van der Waals surface area contributed by atoms with Crippen LogP contribution >= 0.6 is 0 Å². The number of aromatic nitrogens is 2. The molecule has 5 N–H and O–H groups in total. The summed E-state index contributed by atoms with van der Waals surface area (Å²) in [4.78, 5) is 18.5. The third-order valence-corrected chi connectivity index (χ3v) is 2.46. The molecule has 17 heavy (non-hydrogen) atoms. The van der Waals surface area contributed by atoms with E-state index < -0.39 is 0 Å². The summed E-state index contributed by atoms with van der Waals surface area (Å²) >= 11 is 0. The Morgan fingerprint density at radius 3 is 2.47 bits per heavy atom. The van der Waals surface area contributed by atoms with Crippen molar-refractivity contribution in [3.05, 3.63) is 15.9 Å². The summed E-state index contributed by atoms with van der Waals surface area (Å²) < 4.78 is 0. The number of rotatable bonds is 3. The highest BCUT2D eigenvalue weighted by Crippen LogP contribution is 2.21. The smallest absolute Gasteiger partial charge is 0.257 e. The molecule has 1 aromatic rings. The molecule has 0 bridgehead atoms. The minimum Gasteiger partial charge on any atom is -0.369 e. The van der Waals surface area contributed by atoms with Gasteiger partial charge in [-0.3, -0.25) is 14.8 Å². The quantitative estimate of drug-likeness (QED) is 0.534. The van der Waals surface area contributed by atoms with E-state index in [2.05, 4.69) is 9.97 Å². The monoisotopic (exact) mass is 239 g/mol. The molecule has 6 heteroatoms. The number of H-pyrrole nitrogens is 1. The minimum absolute atomic E-state index is 0.0875. The number of hydrazine groups is 1. The highest BCUT2D eigenvalue weighted by atomic mass is 16.1. The lowest BCUT2D eigenvalue weighted by Gasteiger charge is -2.33. The molecule has 0 spiro atoms. The van der Waals surface area contributed by atoms with Gasteiger partial charge in [-0.1, -0.05) is 13.3 Å². The van der Waals surface area contributed by atoms with Gasteiger partial charge in [-0.25, -0.2) is 5.84 Å². The number of nitrogens with one attached hydrogen (secondary N) is 1. The molecule has 0 atom stereocenters. The Labute approximate surface area is 101 Å². The first-order valence-corrected chi connectivity index (χ1v) is 5.71. The Morgan fingerprint density at radius 1 is 1.41 bits per heavy atom. The largest absolute Gasteiger partial charge is 0.369 e. The number of hydrogen-bond donors (Lipinski definition) is 3. The van der Waals surface area contributed by atoms with E-state index >= 15 is 0 Å². The van der Waals surface area contributed by atoms with Crippen molar-refractivity contribution in [2.24, 2.45) is 5.84 Å². The van der Waals surface area contributed by atoms with Gasteiger partial charge in [0.05, 0.1) is 5.56 Å². The third kappa shape index (κ3) is 2.97. The van der Waals surface area contributed by atoms with E-state index in [1.54, 1.807) is 0 Å². The normalized spacial score (nSPS) is 11.6. The first-order chi connectivity index (χ1) is 7.77. The van der Waals surface area contributed by atoms with Crippen LogP contribution in [-0.4, -0.2) is 15.5 Å². The molecule has 1 rings (SSSR count). The van der Waals surface area contributed by atoms with Gasteiger partial charge in [0, 0.05) is 5.54 Å². The van der Waals surface area contributed by atoms with Gasteiger partial charge >= 0.3 is 0 Å². The Balaban J connectivity index is 3.35. The fourth-order valence-corrected chi connectivity index (χ4v) is 1.50. The number of anilines is 2. The van der Waals surface area contributed by atoms with Gasteiger partial charge < -0.3 is 5.73 Å². The fourth-order valence-electron chi connectivity index (χ4n) is 1.50. The van der Waals surface area contributed by atoms with E-state index in [1.165, 1.54) is 5.01 Å². The summed E-state index contributed by atoms with van der Waals surface area (Å²) in [6.07, 6.45) is 1.47. The van der Waals surface area contributed by atoms with Gasteiger partial charge in [-0.15, -0.1) is 0 Å². The van der Waals surface area contributed by atoms with Crippen LogP contribution in [0, 0.1) is 0 Å².